The first-order chi connectivity index (χ1) is 12.5. The normalized spacial score (nSPS) is 11.3. The lowest BCUT2D eigenvalue weighted by Crippen LogP contribution is -2.23. The van der Waals surface area contributed by atoms with Gasteiger partial charge >= 0.3 is 5.97 Å². The molecule has 0 aliphatic rings. The molecule has 0 atom stereocenters. The predicted molar refractivity (Wildman–Crippen MR) is 88.4 cm³/mol. The lowest BCUT2D eigenvalue weighted by atomic mass is 10.1. The monoisotopic (exact) mass is 376 g/mol. The Morgan fingerprint density at radius 3 is 2.38 bits per heavy atom. The lowest BCUT2D eigenvalue weighted by molar-refractivity contribution is -0.0788. The number of benzene rings is 2. The molecule has 0 bridgehead atoms. The van der Waals surface area contributed by atoms with Gasteiger partial charge in [0.2, 0.25) is 10.0 Å². The van der Waals surface area contributed by atoms with E-state index in [-0.39, 0.29) is 17.0 Å². The van der Waals surface area contributed by atoms with Crippen LogP contribution < -0.4 is 4.72 Å². The van der Waals surface area contributed by atoms with Gasteiger partial charge in [-0.15, -0.1) is 5.10 Å². The SMILES string of the molecule is O=C(OF)c1ccc(CNS(=O)(=O)c2ccc(-n3ccnn3)cc2)cc1. The Morgan fingerprint density at radius 1 is 1.12 bits per heavy atom. The van der Waals surface area contributed by atoms with Gasteiger partial charge in [0, 0.05) is 11.1 Å². The second-order valence-corrected chi connectivity index (χ2v) is 6.99. The van der Waals surface area contributed by atoms with E-state index >= 15 is 0 Å². The highest BCUT2D eigenvalue weighted by Gasteiger charge is 2.14. The molecular weight excluding hydrogens is 363 g/mol. The van der Waals surface area contributed by atoms with Crippen molar-refractivity contribution in [1.82, 2.24) is 19.7 Å². The summed E-state index contributed by atoms with van der Waals surface area (Å²) in [5, 5.41) is 7.51. The number of carbonyl (C=O) groups is 1. The van der Waals surface area contributed by atoms with Crippen molar-refractivity contribution in [2.45, 2.75) is 11.4 Å². The summed E-state index contributed by atoms with van der Waals surface area (Å²) < 4.78 is 40.5. The number of nitrogens with zero attached hydrogens (tertiary/aromatic N) is 3. The molecule has 0 saturated carbocycles. The molecule has 0 spiro atoms. The van der Waals surface area contributed by atoms with Crippen molar-refractivity contribution in [1.29, 1.82) is 0 Å². The summed E-state index contributed by atoms with van der Waals surface area (Å²) in [4.78, 5) is 14.2. The number of rotatable bonds is 6. The maximum atomic E-state index is 12.4. The van der Waals surface area contributed by atoms with Crippen LogP contribution in [0.3, 0.4) is 0 Å². The van der Waals surface area contributed by atoms with E-state index in [0.29, 0.717) is 11.3 Å². The van der Waals surface area contributed by atoms with Crippen LogP contribution in [0.4, 0.5) is 4.53 Å². The average molecular weight is 376 g/mol. The Balaban J connectivity index is 1.68. The number of carbonyl (C=O) groups excluding carboxylic acids is 1. The molecule has 0 radical (unpaired) electrons. The van der Waals surface area contributed by atoms with E-state index in [1.807, 2.05) is 0 Å². The first-order valence-corrected chi connectivity index (χ1v) is 8.86. The number of hydrogen-bond donors (Lipinski definition) is 1. The van der Waals surface area contributed by atoms with Gasteiger partial charge in [-0.25, -0.2) is 27.6 Å². The molecule has 3 aromatic rings. The van der Waals surface area contributed by atoms with Gasteiger partial charge in [-0.2, -0.15) is 0 Å². The fourth-order valence-corrected chi connectivity index (χ4v) is 3.21. The zero-order valence-corrected chi connectivity index (χ0v) is 14.1. The first kappa shape index (κ1) is 17.7. The second kappa shape index (κ2) is 7.42. The Kier molecular flexibility index (Phi) is 5.05. The minimum absolute atomic E-state index is 0.0120. The molecule has 26 heavy (non-hydrogen) atoms. The summed E-state index contributed by atoms with van der Waals surface area (Å²) in [6.07, 6.45) is 3.16. The van der Waals surface area contributed by atoms with Crippen molar-refractivity contribution < 1.29 is 22.7 Å². The third-order valence-electron chi connectivity index (χ3n) is 3.56. The van der Waals surface area contributed by atoms with E-state index in [4.69, 9.17) is 0 Å². The van der Waals surface area contributed by atoms with Crippen LogP contribution in [0, 0.1) is 0 Å². The summed E-state index contributed by atoms with van der Waals surface area (Å²) in [5.41, 5.74) is 1.31. The molecule has 0 amide bonds. The molecule has 0 saturated heterocycles. The van der Waals surface area contributed by atoms with Gasteiger partial charge in [0.05, 0.1) is 28.5 Å². The third kappa shape index (κ3) is 3.92. The number of halogens is 1. The molecule has 2 aromatic carbocycles. The van der Waals surface area contributed by atoms with Crippen molar-refractivity contribution >= 4 is 16.0 Å². The molecule has 1 aromatic heterocycles. The van der Waals surface area contributed by atoms with Gasteiger partial charge in [0.25, 0.3) is 0 Å². The summed E-state index contributed by atoms with van der Waals surface area (Å²) >= 11 is 0. The highest BCUT2D eigenvalue weighted by atomic mass is 32.2. The van der Waals surface area contributed by atoms with Crippen LogP contribution >= 0.6 is 0 Å². The van der Waals surface area contributed by atoms with Crippen molar-refractivity contribution in [2.24, 2.45) is 0 Å². The molecule has 0 aliphatic heterocycles. The maximum absolute atomic E-state index is 12.4. The Hall–Kier alpha value is -3.11. The van der Waals surface area contributed by atoms with E-state index in [1.54, 1.807) is 18.3 Å². The van der Waals surface area contributed by atoms with E-state index in [1.165, 1.54) is 47.3 Å². The predicted octanol–water partition coefficient (Wildman–Crippen LogP) is 1.79. The highest BCUT2D eigenvalue weighted by Crippen LogP contribution is 2.14. The Bertz CT molecular complexity index is 988. The molecule has 1 heterocycles. The van der Waals surface area contributed by atoms with Crippen molar-refractivity contribution in [3.05, 3.63) is 72.1 Å². The zero-order valence-electron chi connectivity index (χ0n) is 13.2. The van der Waals surface area contributed by atoms with Gasteiger partial charge in [0.1, 0.15) is 0 Å². The summed E-state index contributed by atoms with van der Waals surface area (Å²) in [5.74, 6) is -1.11. The van der Waals surface area contributed by atoms with Gasteiger partial charge in [0.15, 0.2) is 0 Å². The van der Waals surface area contributed by atoms with E-state index in [0.717, 1.165) is 0 Å². The number of nitrogens with one attached hydrogen (secondary N) is 1. The van der Waals surface area contributed by atoms with Crippen LogP contribution in [0.2, 0.25) is 0 Å². The summed E-state index contributed by atoms with van der Waals surface area (Å²) in [6, 6.07) is 11.8. The van der Waals surface area contributed by atoms with Crippen molar-refractivity contribution in [3.63, 3.8) is 0 Å². The van der Waals surface area contributed by atoms with Crippen LogP contribution in [0.15, 0.2) is 65.8 Å². The molecule has 10 heteroatoms. The van der Waals surface area contributed by atoms with Crippen LogP contribution in [-0.4, -0.2) is 29.4 Å². The summed E-state index contributed by atoms with van der Waals surface area (Å²) in [6.45, 7) is 0.0120. The highest BCUT2D eigenvalue weighted by molar-refractivity contribution is 7.89. The van der Waals surface area contributed by atoms with Crippen LogP contribution in [-0.2, 0) is 21.5 Å². The molecule has 0 aliphatic carbocycles. The largest absolute Gasteiger partial charge is 0.379 e. The second-order valence-electron chi connectivity index (χ2n) is 5.23. The van der Waals surface area contributed by atoms with Gasteiger partial charge in [-0.1, -0.05) is 17.3 Å². The van der Waals surface area contributed by atoms with Gasteiger partial charge in [-0.3, -0.25) is 0 Å². The van der Waals surface area contributed by atoms with Crippen molar-refractivity contribution in [3.8, 4) is 5.69 Å². The average Bonchev–Trinajstić information content (AvgIpc) is 3.21. The lowest BCUT2D eigenvalue weighted by Gasteiger charge is -2.08. The Morgan fingerprint density at radius 2 is 1.81 bits per heavy atom. The van der Waals surface area contributed by atoms with E-state index < -0.39 is 16.0 Å². The number of sulfonamides is 1. The molecule has 134 valence electrons. The fourth-order valence-electron chi connectivity index (χ4n) is 2.19. The zero-order chi connectivity index (χ0) is 18.6. The van der Waals surface area contributed by atoms with Gasteiger partial charge in [-0.05, 0) is 42.0 Å². The van der Waals surface area contributed by atoms with E-state index in [2.05, 4.69) is 20.0 Å². The molecular formula is C16H13FN4O4S. The molecule has 0 fully saturated rings. The molecule has 3 rings (SSSR count). The topological polar surface area (TPSA) is 103 Å². The minimum Gasteiger partial charge on any atom is -0.249 e. The van der Waals surface area contributed by atoms with Crippen molar-refractivity contribution in [2.75, 3.05) is 0 Å². The third-order valence-corrected chi connectivity index (χ3v) is 4.98. The number of hydrogen-bond acceptors (Lipinski definition) is 6. The van der Waals surface area contributed by atoms with E-state index in [9.17, 15) is 17.7 Å². The fraction of sp³-hybridized carbons (Fsp3) is 0.0625. The standard InChI is InChI=1S/C16H13FN4O4S/c17-25-16(22)13-3-1-12(2-4-13)11-19-26(23,24)15-7-5-14(6-8-15)21-10-9-18-20-21/h1-10,19H,11H2. The smallest absolute Gasteiger partial charge is 0.249 e. The maximum Gasteiger partial charge on any atom is 0.379 e. The van der Waals surface area contributed by atoms with Gasteiger partial charge < -0.3 is 0 Å². The number of aromatic nitrogens is 3. The molecule has 0 unspecified atom stereocenters. The molecule has 8 nitrogen and oxygen atoms in total. The summed E-state index contributed by atoms with van der Waals surface area (Å²) in [7, 11) is -3.72. The Labute approximate surface area is 148 Å². The first-order valence-electron chi connectivity index (χ1n) is 7.38. The minimum atomic E-state index is -3.72. The quantitative estimate of drug-likeness (QED) is 0.703. The van der Waals surface area contributed by atoms with Crippen LogP contribution in [0.25, 0.3) is 5.69 Å². The molecule has 1 N–H and O–H groups in total. The van der Waals surface area contributed by atoms with Crippen LogP contribution in [0.5, 0.6) is 0 Å². The van der Waals surface area contributed by atoms with Crippen LogP contribution in [0.1, 0.15) is 15.9 Å².